The summed E-state index contributed by atoms with van der Waals surface area (Å²) in [5, 5.41) is 6.26. The van der Waals surface area contributed by atoms with Gasteiger partial charge in [0.2, 0.25) is 0 Å². The molecule has 3 aromatic rings. The van der Waals surface area contributed by atoms with Crippen molar-refractivity contribution in [1.82, 2.24) is 5.16 Å². The zero-order valence-electron chi connectivity index (χ0n) is 20.3. The Balaban J connectivity index is 1.33. The van der Waals surface area contributed by atoms with E-state index in [9.17, 15) is 24.0 Å². The number of nitrogens with zero attached hydrogens (tertiary/aromatic N) is 2. The van der Waals surface area contributed by atoms with Gasteiger partial charge in [0.05, 0.1) is 28.9 Å². The first-order valence-corrected chi connectivity index (χ1v) is 11.3. The molecule has 0 spiro atoms. The van der Waals surface area contributed by atoms with Crippen molar-refractivity contribution in [3.8, 4) is 0 Å². The minimum atomic E-state index is -0.850. The average molecular weight is 505 g/mol. The van der Waals surface area contributed by atoms with Crippen LogP contribution in [0.5, 0.6) is 0 Å². The molecule has 0 radical (unpaired) electrons. The SMILES string of the molecule is Cc1cc(N2C(=O)c3ccc(C(=O)OCC(=O)Nc4ccc(C(=O)OCC(C)C)cc4)cc3C2=O)no1. The molecule has 3 amide bonds. The molecule has 0 bridgehead atoms. The van der Waals surface area contributed by atoms with Crippen LogP contribution in [0.3, 0.4) is 0 Å². The Hall–Kier alpha value is -4.80. The molecule has 4 rings (SSSR count). The molecule has 1 aliphatic heterocycles. The van der Waals surface area contributed by atoms with Gasteiger partial charge in [0, 0.05) is 11.8 Å². The molecule has 1 aliphatic rings. The van der Waals surface area contributed by atoms with Crippen molar-refractivity contribution < 1.29 is 38.0 Å². The van der Waals surface area contributed by atoms with E-state index in [1.807, 2.05) is 13.8 Å². The first kappa shape index (κ1) is 25.3. The minimum Gasteiger partial charge on any atom is -0.462 e. The van der Waals surface area contributed by atoms with Crippen LogP contribution in [0.4, 0.5) is 11.5 Å². The van der Waals surface area contributed by atoms with Crippen molar-refractivity contribution in [2.75, 3.05) is 23.4 Å². The fourth-order valence-corrected chi connectivity index (χ4v) is 3.46. The number of carbonyl (C=O) groups is 5. The monoisotopic (exact) mass is 505 g/mol. The molecule has 0 saturated heterocycles. The van der Waals surface area contributed by atoms with Crippen LogP contribution in [0, 0.1) is 12.8 Å². The fourth-order valence-electron chi connectivity index (χ4n) is 3.46. The highest BCUT2D eigenvalue weighted by Gasteiger charge is 2.39. The third-order valence-corrected chi connectivity index (χ3v) is 5.25. The number of esters is 2. The van der Waals surface area contributed by atoms with Crippen molar-refractivity contribution in [1.29, 1.82) is 0 Å². The topological polar surface area (TPSA) is 145 Å². The van der Waals surface area contributed by atoms with Gasteiger partial charge in [0.25, 0.3) is 17.7 Å². The normalized spacial score (nSPS) is 12.5. The molecule has 0 aliphatic carbocycles. The molecule has 1 aromatic heterocycles. The highest BCUT2D eigenvalue weighted by Crippen LogP contribution is 2.29. The molecule has 11 nitrogen and oxygen atoms in total. The number of benzene rings is 2. The van der Waals surface area contributed by atoms with Gasteiger partial charge in [-0.15, -0.1) is 0 Å². The Morgan fingerprint density at radius 1 is 0.919 bits per heavy atom. The number of rotatable bonds is 8. The van der Waals surface area contributed by atoms with Gasteiger partial charge in [-0.3, -0.25) is 14.4 Å². The number of aryl methyl sites for hydroxylation is 1. The van der Waals surface area contributed by atoms with E-state index >= 15 is 0 Å². The Morgan fingerprint density at radius 2 is 1.57 bits per heavy atom. The van der Waals surface area contributed by atoms with Crippen molar-refractivity contribution >= 4 is 41.2 Å². The van der Waals surface area contributed by atoms with E-state index in [4.69, 9.17) is 14.0 Å². The maximum atomic E-state index is 12.8. The number of hydrogen-bond acceptors (Lipinski definition) is 9. The summed E-state index contributed by atoms with van der Waals surface area (Å²) < 4.78 is 15.1. The second-order valence-corrected chi connectivity index (χ2v) is 8.70. The van der Waals surface area contributed by atoms with Crippen LogP contribution in [0.15, 0.2) is 53.1 Å². The van der Waals surface area contributed by atoms with Crippen LogP contribution in [-0.2, 0) is 14.3 Å². The van der Waals surface area contributed by atoms with E-state index in [1.54, 1.807) is 6.92 Å². The summed E-state index contributed by atoms with van der Waals surface area (Å²) in [6, 6.07) is 11.4. The number of carbonyl (C=O) groups excluding carboxylic acids is 5. The lowest BCUT2D eigenvalue weighted by Gasteiger charge is -2.09. The zero-order chi connectivity index (χ0) is 26.7. The first-order chi connectivity index (χ1) is 17.6. The Morgan fingerprint density at radius 3 is 2.22 bits per heavy atom. The maximum absolute atomic E-state index is 12.8. The van der Waals surface area contributed by atoms with E-state index in [1.165, 1.54) is 48.5 Å². The number of amides is 3. The standard InChI is InChI=1S/C26H23N3O8/c1-14(2)12-35-25(33)16-4-7-18(8-5-16)27-22(30)13-36-26(34)17-6-9-19-20(11-17)24(32)29(23(19)31)21-10-15(3)37-28-21/h4-11,14H,12-13H2,1-3H3,(H,27,30). The fraction of sp³-hybridized carbons (Fsp3) is 0.231. The number of aromatic nitrogens is 1. The number of ether oxygens (including phenoxy) is 2. The first-order valence-electron chi connectivity index (χ1n) is 11.3. The van der Waals surface area contributed by atoms with Crippen LogP contribution < -0.4 is 10.2 Å². The molecular weight excluding hydrogens is 482 g/mol. The van der Waals surface area contributed by atoms with Gasteiger partial charge in [-0.1, -0.05) is 19.0 Å². The van der Waals surface area contributed by atoms with Crippen molar-refractivity contribution in [3.05, 3.63) is 76.5 Å². The van der Waals surface area contributed by atoms with Crippen LogP contribution in [0.2, 0.25) is 0 Å². The van der Waals surface area contributed by atoms with Gasteiger partial charge in [-0.2, -0.15) is 0 Å². The molecule has 2 aromatic carbocycles. The third kappa shape index (κ3) is 5.56. The molecular formula is C26H23N3O8. The summed E-state index contributed by atoms with van der Waals surface area (Å²) in [6.07, 6.45) is 0. The highest BCUT2D eigenvalue weighted by atomic mass is 16.5. The smallest absolute Gasteiger partial charge is 0.338 e. The van der Waals surface area contributed by atoms with Gasteiger partial charge in [-0.25, -0.2) is 14.5 Å². The van der Waals surface area contributed by atoms with Gasteiger partial charge in [-0.05, 0) is 55.3 Å². The predicted octanol–water partition coefficient (Wildman–Crippen LogP) is 3.39. The number of fused-ring (bicyclic) bond motifs is 1. The quantitative estimate of drug-likeness (QED) is 0.360. The molecule has 2 heterocycles. The number of nitrogens with one attached hydrogen (secondary N) is 1. The molecule has 11 heteroatoms. The molecule has 0 fully saturated rings. The lowest BCUT2D eigenvalue weighted by Crippen LogP contribution is -2.29. The van der Waals surface area contributed by atoms with Gasteiger partial charge < -0.3 is 19.3 Å². The van der Waals surface area contributed by atoms with E-state index in [0.717, 1.165) is 4.90 Å². The van der Waals surface area contributed by atoms with Crippen LogP contribution in [-0.4, -0.2) is 48.0 Å². The van der Waals surface area contributed by atoms with Gasteiger partial charge in [0.1, 0.15) is 5.76 Å². The van der Waals surface area contributed by atoms with Crippen molar-refractivity contribution in [2.45, 2.75) is 20.8 Å². The molecule has 190 valence electrons. The maximum Gasteiger partial charge on any atom is 0.338 e. The zero-order valence-corrected chi connectivity index (χ0v) is 20.3. The van der Waals surface area contributed by atoms with E-state index < -0.39 is 36.3 Å². The largest absolute Gasteiger partial charge is 0.462 e. The minimum absolute atomic E-state index is 0.00449. The molecule has 0 unspecified atom stereocenters. The summed E-state index contributed by atoms with van der Waals surface area (Å²) in [7, 11) is 0. The Bertz CT molecular complexity index is 1390. The second kappa shape index (κ2) is 10.4. The van der Waals surface area contributed by atoms with Crippen LogP contribution >= 0.6 is 0 Å². The predicted molar refractivity (Wildman–Crippen MR) is 129 cm³/mol. The van der Waals surface area contributed by atoms with Gasteiger partial charge >= 0.3 is 11.9 Å². The average Bonchev–Trinajstić information content (AvgIpc) is 3.41. The van der Waals surface area contributed by atoms with Crippen molar-refractivity contribution in [2.24, 2.45) is 5.92 Å². The van der Waals surface area contributed by atoms with E-state index in [-0.39, 0.29) is 28.4 Å². The van der Waals surface area contributed by atoms with Gasteiger partial charge in [0.15, 0.2) is 12.4 Å². The van der Waals surface area contributed by atoms with Crippen LogP contribution in [0.1, 0.15) is 61.0 Å². The highest BCUT2D eigenvalue weighted by molar-refractivity contribution is 6.34. The summed E-state index contributed by atoms with van der Waals surface area (Å²) >= 11 is 0. The molecule has 0 atom stereocenters. The summed E-state index contributed by atoms with van der Waals surface area (Å²) in [6.45, 7) is 5.19. The third-order valence-electron chi connectivity index (χ3n) is 5.25. The summed E-state index contributed by atoms with van der Waals surface area (Å²) in [4.78, 5) is 63.0. The molecule has 1 N–H and O–H groups in total. The lowest BCUT2D eigenvalue weighted by atomic mass is 10.1. The number of hydrogen-bond donors (Lipinski definition) is 1. The Labute approximate surface area is 211 Å². The number of imide groups is 1. The Kier molecular flexibility index (Phi) is 7.14. The van der Waals surface area contributed by atoms with E-state index in [0.29, 0.717) is 23.6 Å². The summed E-state index contributed by atoms with van der Waals surface area (Å²) in [5.41, 5.74) is 0.849. The number of anilines is 2. The van der Waals surface area contributed by atoms with E-state index in [2.05, 4.69) is 10.5 Å². The second-order valence-electron chi connectivity index (χ2n) is 8.70. The van der Waals surface area contributed by atoms with Crippen molar-refractivity contribution in [3.63, 3.8) is 0 Å². The molecule has 0 saturated carbocycles. The summed E-state index contributed by atoms with van der Waals surface area (Å²) in [5.74, 6) is -2.48. The molecule has 37 heavy (non-hydrogen) atoms. The van der Waals surface area contributed by atoms with Crippen LogP contribution in [0.25, 0.3) is 0 Å². The lowest BCUT2D eigenvalue weighted by molar-refractivity contribution is -0.119.